The van der Waals surface area contributed by atoms with Crippen LogP contribution >= 0.6 is 0 Å². The summed E-state index contributed by atoms with van der Waals surface area (Å²) < 4.78 is 5.11. The van der Waals surface area contributed by atoms with Crippen molar-refractivity contribution in [1.82, 2.24) is 0 Å². The molecule has 0 aromatic heterocycles. The Labute approximate surface area is 76.6 Å². The molecule has 0 spiro atoms. The Morgan fingerprint density at radius 2 is 2.08 bits per heavy atom. The van der Waals surface area contributed by atoms with Gasteiger partial charge in [0.1, 0.15) is 12.4 Å². The molecule has 0 fully saturated rings. The Hall–Kier alpha value is -1.82. The molecule has 0 heterocycles. The van der Waals surface area contributed by atoms with E-state index in [1.165, 1.54) is 6.92 Å². The van der Waals surface area contributed by atoms with Crippen molar-refractivity contribution in [2.75, 3.05) is 6.61 Å². The number of ether oxygens (including phenoxy) is 1. The van der Waals surface area contributed by atoms with Gasteiger partial charge < -0.3 is 4.74 Å². The van der Waals surface area contributed by atoms with E-state index < -0.39 is 0 Å². The van der Waals surface area contributed by atoms with E-state index in [4.69, 9.17) is 10.00 Å². The summed E-state index contributed by atoms with van der Waals surface area (Å²) >= 11 is 0. The number of benzene rings is 1. The first-order valence-electron chi connectivity index (χ1n) is 3.85. The number of carbonyl (C=O) groups is 1. The van der Waals surface area contributed by atoms with E-state index in [0.29, 0.717) is 11.3 Å². The van der Waals surface area contributed by atoms with Gasteiger partial charge in [0, 0.05) is 0 Å². The van der Waals surface area contributed by atoms with Gasteiger partial charge >= 0.3 is 0 Å². The quantitative estimate of drug-likeness (QED) is 0.699. The smallest absolute Gasteiger partial charge is 0.167 e. The Morgan fingerprint density at radius 1 is 1.46 bits per heavy atom. The molecular formula is C10H9NO2. The summed E-state index contributed by atoms with van der Waals surface area (Å²) in [7, 11) is 0. The van der Waals surface area contributed by atoms with Gasteiger partial charge in [0.15, 0.2) is 5.78 Å². The van der Waals surface area contributed by atoms with Gasteiger partial charge in [0.05, 0.1) is 11.6 Å². The SMILES string of the molecule is CC(=O)COc1ccc(C#N)cc1. The average molecular weight is 175 g/mol. The third-order valence-electron chi connectivity index (χ3n) is 1.43. The summed E-state index contributed by atoms with van der Waals surface area (Å²) in [6, 6.07) is 8.63. The molecule has 0 saturated heterocycles. The van der Waals surface area contributed by atoms with Crippen molar-refractivity contribution < 1.29 is 9.53 Å². The number of nitrogens with zero attached hydrogens (tertiary/aromatic N) is 1. The summed E-state index contributed by atoms with van der Waals surface area (Å²) in [6.07, 6.45) is 0. The number of hydrogen-bond acceptors (Lipinski definition) is 3. The lowest BCUT2D eigenvalue weighted by Gasteiger charge is -2.02. The number of rotatable bonds is 3. The second-order valence-electron chi connectivity index (χ2n) is 2.63. The zero-order valence-electron chi connectivity index (χ0n) is 7.28. The van der Waals surface area contributed by atoms with Crippen molar-refractivity contribution in [2.45, 2.75) is 6.92 Å². The molecule has 0 unspecified atom stereocenters. The van der Waals surface area contributed by atoms with E-state index in [1.54, 1.807) is 24.3 Å². The topological polar surface area (TPSA) is 50.1 Å². The van der Waals surface area contributed by atoms with Crippen LogP contribution in [0.25, 0.3) is 0 Å². The molecule has 3 heteroatoms. The van der Waals surface area contributed by atoms with Crippen LogP contribution in [0.15, 0.2) is 24.3 Å². The van der Waals surface area contributed by atoms with Gasteiger partial charge in [-0.3, -0.25) is 4.79 Å². The second kappa shape index (κ2) is 4.27. The number of ketones is 1. The molecule has 0 aliphatic heterocycles. The van der Waals surface area contributed by atoms with Gasteiger partial charge in [-0.1, -0.05) is 0 Å². The molecule has 1 rings (SSSR count). The first-order chi connectivity index (χ1) is 6.22. The van der Waals surface area contributed by atoms with Crippen molar-refractivity contribution in [3.05, 3.63) is 29.8 Å². The highest BCUT2D eigenvalue weighted by Crippen LogP contribution is 2.10. The molecule has 0 N–H and O–H groups in total. The molecule has 66 valence electrons. The Morgan fingerprint density at radius 3 is 2.54 bits per heavy atom. The molecule has 1 aromatic carbocycles. The molecule has 0 bridgehead atoms. The highest BCUT2D eigenvalue weighted by atomic mass is 16.5. The van der Waals surface area contributed by atoms with E-state index in [0.717, 1.165) is 0 Å². The summed E-state index contributed by atoms with van der Waals surface area (Å²) in [5, 5.41) is 8.50. The lowest BCUT2D eigenvalue weighted by molar-refractivity contribution is -0.118. The van der Waals surface area contributed by atoms with Crippen LogP contribution in [0.4, 0.5) is 0 Å². The fourth-order valence-corrected chi connectivity index (χ4v) is 0.811. The van der Waals surface area contributed by atoms with Crippen molar-refractivity contribution in [1.29, 1.82) is 5.26 Å². The molecule has 13 heavy (non-hydrogen) atoms. The molecule has 0 amide bonds. The largest absolute Gasteiger partial charge is 0.486 e. The van der Waals surface area contributed by atoms with Crippen LogP contribution in [0.2, 0.25) is 0 Å². The van der Waals surface area contributed by atoms with E-state index >= 15 is 0 Å². The minimum atomic E-state index is -0.0237. The van der Waals surface area contributed by atoms with Crippen LogP contribution in [0, 0.1) is 11.3 Å². The lowest BCUT2D eigenvalue weighted by Crippen LogP contribution is -2.06. The predicted octanol–water partition coefficient (Wildman–Crippen LogP) is 1.53. The van der Waals surface area contributed by atoms with Crippen molar-refractivity contribution in [3.63, 3.8) is 0 Å². The summed E-state index contributed by atoms with van der Waals surface area (Å²) in [6.45, 7) is 1.54. The van der Waals surface area contributed by atoms with Gasteiger partial charge in [-0.2, -0.15) is 5.26 Å². The number of carbonyl (C=O) groups excluding carboxylic acids is 1. The average Bonchev–Trinajstić information content (AvgIpc) is 2.15. The standard InChI is InChI=1S/C10H9NO2/c1-8(12)7-13-10-4-2-9(6-11)3-5-10/h2-5H,7H2,1H3. The molecular weight excluding hydrogens is 166 g/mol. The minimum Gasteiger partial charge on any atom is -0.486 e. The Kier molecular flexibility index (Phi) is 3.04. The Bertz CT molecular complexity index is 335. The van der Waals surface area contributed by atoms with E-state index in [-0.39, 0.29) is 12.4 Å². The molecule has 0 aliphatic carbocycles. The zero-order valence-corrected chi connectivity index (χ0v) is 7.28. The highest BCUT2D eigenvalue weighted by molar-refractivity contribution is 5.77. The maximum absolute atomic E-state index is 10.6. The maximum Gasteiger partial charge on any atom is 0.167 e. The zero-order chi connectivity index (χ0) is 9.68. The number of hydrogen-bond donors (Lipinski definition) is 0. The summed E-state index contributed by atoms with van der Waals surface area (Å²) in [4.78, 5) is 10.6. The Balaban J connectivity index is 2.60. The fourth-order valence-electron chi connectivity index (χ4n) is 0.811. The monoisotopic (exact) mass is 175 g/mol. The van der Waals surface area contributed by atoms with Crippen molar-refractivity contribution in [3.8, 4) is 11.8 Å². The van der Waals surface area contributed by atoms with Crippen LogP contribution in [0.5, 0.6) is 5.75 Å². The van der Waals surface area contributed by atoms with Crippen LogP contribution in [-0.2, 0) is 4.79 Å². The normalized spacial score (nSPS) is 8.92. The lowest BCUT2D eigenvalue weighted by atomic mass is 10.2. The maximum atomic E-state index is 10.6. The van der Waals surface area contributed by atoms with Crippen LogP contribution in [0.1, 0.15) is 12.5 Å². The van der Waals surface area contributed by atoms with Gasteiger partial charge in [0.25, 0.3) is 0 Å². The van der Waals surface area contributed by atoms with E-state index in [1.807, 2.05) is 6.07 Å². The molecule has 0 atom stereocenters. The third kappa shape index (κ3) is 2.96. The van der Waals surface area contributed by atoms with Crippen molar-refractivity contribution in [2.24, 2.45) is 0 Å². The minimum absolute atomic E-state index is 0.0237. The highest BCUT2D eigenvalue weighted by Gasteiger charge is 1.96. The van der Waals surface area contributed by atoms with Gasteiger partial charge in [-0.05, 0) is 31.2 Å². The third-order valence-corrected chi connectivity index (χ3v) is 1.43. The van der Waals surface area contributed by atoms with Crippen LogP contribution in [0.3, 0.4) is 0 Å². The summed E-state index contributed by atoms with van der Waals surface area (Å²) in [5.74, 6) is 0.582. The van der Waals surface area contributed by atoms with E-state index in [2.05, 4.69) is 0 Å². The fraction of sp³-hybridized carbons (Fsp3) is 0.200. The first kappa shape index (κ1) is 9.27. The van der Waals surface area contributed by atoms with Crippen LogP contribution in [-0.4, -0.2) is 12.4 Å². The molecule has 1 aromatic rings. The van der Waals surface area contributed by atoms with Gasteiger partial charge in [-0.15, -0.1) is 0 Å². The number of Topliss-reactive ketones (excluding diaryl/α,β-unsaturated/α-hetero) is 1. The van der Waals surface area contributed by atoms with E-state index in [9.17, 15) is 4.79 Å². The molecule has 3 nitrogen and oxygen atoms in total. The number of nitriles is 1. The van der Waals surface area contributed by atoms with Crippen LogP contribution < -0.4 is 4.74 Å². The molecule has 0 saturated carbocycles. The molecule has 0 aliphatic rings. The molecule has 0 radical (unpaired) electrons. The van der Waals surface area contributed by atoms with Crippen molar-refractivity contribution >= 4 is 5.78 Å². The summed E-state index contributed by atoms with van der Waals surface area (Å²) in [5.41, 5.74) is 0.579. The van der Waals surface area contributed by atoms with Gasteiger partial charge in [0.2, 0.25) is 0 Å². The second-order valence-corrected chi connectivity index (χ2v) is 2.63. The first-order valence-corrected chi connectivity index (χ1v) is 3.85. The predicted molar refractivity (Wildman–Crippen MR) is 47.3 cm³/mol. The van der Waals surface area contributed by atoms with Gasteiger partial charge in [-0.25, -0.2) is 0 Å².